The Kier molecular flexibility index (Phi) is 3.75. The summed E-state index contributed by atoms with van der Waals surface area (Å²) < 4.78 is 10.5. The minimum absolute atomic E-state index is 0.0332. The Morgan fingerprint density at radius 1 is 1.12 bits per heavy atom. The van der Waals surface area contributed by atoms with Crippen LogP contribution in [0.25, 0.3) is 11.1 Å². The highest BCUT2D eigenvalue weighted by Crippen LogP contribution is 2.44. The molecule has 2 aromatic rings. The number of alkyl carbamates (subject to hydrolysis) is 1. The highest BCUT2D eigenvalue weighted by atomic mass is 16.6. The molecule has 1 aliphatic heterocycles. The minimum atomic E-state index is -0.692. The van der Waals surface area contributed by atoms with Gasteiger partial charge in [-0.25, -0.2) is 4.79 Å². The number of benzene rings is 2. The zero-order valence-corrected chi connectivity index (χ0v) is 13.2. The molecular weight excluding hydrogens is 306 g/mol. The summed E-state index contributed by atoms with van der Waals surface area (Å²) in [7, 11) is 0. The van der Waals surface area contributed by atoms with Gasteiger partial charge in [-0.1, -0.05) is 48.5 Å². The van der Waals surface area contributed by atoms with E-state index in [1.165, 1.54) is 22.3 Å². The monoisotopic (exact) mass is 325 g/mol. The van der Waals surface area contributed by atoms with Crippen molar-refractivity contribution >= 4 is 6.09 Å². The standard InChI is InChI=1S/C19H19NO4/c21-10-19(11-23-12-19)20-18(22)24-9-17-15-7-3-1-5-13(15)14-6-2-4-8-16(14)17/h1-8,17,21H,9-12H2,(H,20,22). The smallest absolute Gasteiger partial charge is 0.407 e. The Hall–Kier alpha value is -2.37. The first-order valence-electron chi connectivity index (χ1n) is 8.04. The van der Waals surface area contributed by atoms with E-state index in [4.69, 9.17) is 9.47 Å². The molecule has 0 spiro atoms. The normalized spacial score (nSPS) is 17.5. The number of aliphatic hydroxyl groups is 1. The molecule has 4 rings (SSSR count). The first-order valence-corrected chi connectivity index (χ1v) is 8.04. The van der Waals surface area contributed by atoms with E-state index in [0.717, 1.165) is 0 Å². The first-order chi connectivity index (χ1) is 11.7. The molecule has 1 saturated heterocycles. The third-order valence-electron chi connectivity index (χ3n) is 4.77. The van der Waals surface area contributed by atoms with E-state index in [1.54, 1.807) is 0 Å². The highest BCUT2D eigenvalue weighted by Gasteiger charge is 2.40. The Morgan fingerprint density at radius 3 is 2.21 bits per heavy atom. The van der Waals surface area contributed by atoms with Crippen molar-refractivity contribution < 1.29 is 19.4 Å². The SMILES string of the molecule is O=C(NC1(CO)COC1)OCC1c2ccccc2-c2ccccc21. The third-order valence-corrected chi connectivity index (χ3v) is 4.77. The Labute approximate surface area is 140 Å². The molecule has 0 saturated carbocycles. The number of fused-ring (bicyclic) bond motifs is 3. The lowest BCUT2D eigenvalue weighted by molar-refractivity contribution is -0.0943. The van der Waals surface area contributed by atoms with Crippen LogP contribution in [-0.2, 0) is 9.47 Å². The average molecular weight is 325 g/mol. The van der Waals surface area contributed by atoms with Gasteiger partial charge in [-0.15, -0.1) is 0 Å². The van der Waals surface area contributed by atoms with Gasteiger partial charge in [0.1, 0.15) is 12.1 Å². The van der Waals surface area contributed by atoms with Gasteiger partial charge < -0.3 is 19.9 Å². The summed E-state index contributed by atoms with van der Waals surface area (Å²) in [6.45, 7) is 0.737. The van der Waals surface area contributed by atoms with Crippen LogP contribution in [0.2, 0.25) is 0 Å². The van der Waals surface area contributed by atoms with Crippen LogP contribution >= 0.6 is 0 Å². The van der Waals surface area contributed by atoms with Crippen LogP contribution in [0, 0.1) is 0 Å². The fraction of sp³-hybridized carbons (Fsp3) is 0.316. The van der Waals surface area contributed by atoms with Gasteiger partial charge in [-0.3, -0.25) is 0 Å². The fourth-order valence-corrected chi connectivity index (χ4v) is 3.40. The van der Waals surface area contributed by atoms with Crippen LogP contribution in [-0.4, -0.2) is 43.2 Å². The van der Waals surface area contributed by atoms with Crippen LogP contribution in [0.1, 0.15) is 17.0 Å². The largest absolute Gasteiger partial charge is 0.449 e. The second kappa shape index (κ2) is 5.92. The summed E-state index contributed by atoms with van der Waals surface area (Å²) in [6.07, 6.45) is -0.519. The molecule has 5 nitrogen and oxygen atoms in total. The molecule has 1 heterocycles. The predicted molar refractivity (Wildman–Crippen MR) is 88.8 cm³/mol. The van der Waals surface area contributed by atoms with Crippen LogP contribution in [0.5, 0.6) is 0 Å². The molecule has 5 heteroatoms. The number of nitrogens with one attached hydrogen (secondary N) is 1. The van der Waals surface area contributed by atoms with Gasteiger partial charge in [-0.05, 0) is 22.3 Å². The average Bonchev–Trinajstić information content (AvgIpc) is 2.90. The molecule has 0 bridgehead atoms. The van der Waals surface area contributed by atoms with Crippen molar-refractivity contribution in [2.75, 3.05) is 26.4 Å². The van der Waals surface area contributed by atoms with E-state index in [-0.39, 0.29) is 19.1 Å². The maximum Gasteiger partial charge on any atom is 0.407 e. The van der Waals surface area contributed by atoms with Crippen molar-refractivity contribution in [1.29, 1.82) is 0 Å². The van der Waals surface area contributed by atoms with E-state index in [2.05, 4.69) is 29.6 Å². The number of carbonyl (C=O) groups is 1. The van der Waals surface area contributed by atoms with Crippen LogP contribution in [0.15, 0.2) is 48.5 Å². The van der Waals surface area contributed by atoms with Crippen molar-refractivity contribution in [3.63, 3.8) is 0 Å². The zero-order chi connectivity index (χ0) is 16.6. The molecule has 0 atom stereocenters. The summed E-state index contributed by atoms with van der Waals surface area (Å²) in [5, 5.41) is 12.1. The van der Waals surface area contributed by atoms with E-state index in [1.807, 2.05) is 24.3 Å². The molecule has 0 unspecified atom stereocenters. The molecule has 2 aliphatic rings. The number of hydrogen-bond donors (Lipinski definition) is 2. The van der Waals surface area contributed by atoms with Crippen molar-refractivity contribution in [2.45, 2.75) is 11.5 Å². The van der Waals surface area contributed by atoms with Crippen molar-refractivity contribution in [1.82, 2.24) is 5.32 Å². The summed E-state index contributed by atoms with van der Waals surface area (Å²) in [5.41, 5.74) is 4.05. The topological polar surface area (TPSA) is 67.8 Å². The van der Waals surface area contributed by atoms with Gasteiger partial charge in [0.05, 0.1) is 19.8 Å². The molecule has 0 aromatic heterocycles. The van der Waals surface area contributed by atoms with E-state index in [0.29, 0.717) is 13.2 Å². The van der Waals surface area contributed by atoms with Crippen LogP contribution < -0.4 is 5.32 Å². The van der Waals surface area contributed by atoms with Gasteiger partial charge >= 0.3 is 6.09 Å². The zero-order valence-electron chi connectivity index (χ0n) is 13.2. The summed E-state index contributed by atoms with van der Waals surface area (Å²) in [4.78, 5) is 12.1. The molecule has 24 heavy (non-hydrogen) atoms. The van der Waals surface area contributed by atoms with Crippen molar-refractivity contribution in [3.8, 4) is 11.1 Å². The summed E-state index contributed by atoms with van der Waals surface area (Å²) in [6, 6.07) is 16.4. The van der Waals surface area contributed by atoms with Crippen molar-refractivity contribution in [3.05, 3.63) is 59.7 Å². The Balaban J connectivity index is 1.50. The molecule has 1 aliphatic carbocycles. The molecular formula is C19H19NO4. The maximum atomic E-state index is 12.1. The predicted octanol–water partition coefficient (Wildman–Crippen LogP) is 2.29. The third kappa shape index (κ3) is 2.46. The summed E-state index contributed by atoms with van der Waals surface area (Å²) >= 11 is 0. The Bertz CT molecular complexity index is 718. The van der Waals surface area contributed by atoms with E-state index >= 15 is 0 Å². The van der Waals surface area contributed by atoms with E-state index < -0.39 is 11.6 Å². The lowest BCUT2D eigenvalue weighted by atomic mass is 9.98. The van der Waals surface area contributed by atoms with Crippen LogP contribution in [0.4, 0.5) is 4.79 Å². The molecule has 1 fully saturated rings. The first kappa shape index (κ1) is 15.2. The second-order valence-electron chi connectivity index (χ2n) is 6.38. The molecule has 124 valence electrons. The molecule has 2 N–H and O–H groups in total. The molecule has 0 radical (unpaired) electrons. The van der Waals surface area contributed by atoms with Gasteiger partial charge in [0.25, 0.3) is 0 Å². The van der Waals surface area contributed by atoms with Gasteiger partial charge in [0, 0.05) is 5.92 Å². The van der Waals surface area contributed by atoms with Crippen molar-refractivity contribution in [2.24, 2.45) is 0 Å². The highest BCUT2D eigenvalue weighted by molar-refractivity contribution is 5.79. The lowest BCUT2D eigenvalue weighted by Gasteiger charge is -2.39. The number of ether oxygens (including phenoxy) is 2. The second-order valence-corrected chi connectivity index (χ2v) is 6.38. The summed E-state index contributed by atoms with van der Waals surface area (Å²) in [5.74, 6) is 0.0332. The quantitative estimate of drug-likeness (QED) is 0.905. The van der Waals surface area contributed by atoms with Gasteiger partial charge in [0.2, 0.25) is 0 Å². The number of amides is 1. The minimum Gasteiger partial charge on any atom is -0.449 e. The maximum absolute atomic E-state index is 12.1. The number of aliphatic hydroxyl groups excluding tert-OH is 1. The lowest BCUT2D eigenvalue weighted by Crippen LogP contribution is -2.64. The fourth-order valence-electron chi connectivity index (χ4n) is 3.40. The molecule has 1 amide bonds. The van der Waals surface area contributed by atoms with Crippen LogP contribution in [0.3, 0.4) is 0 Å². The number of rotatable bonds is 4. The van der Waals surface area contributed by atoms with Gasteiger partial charge in [0.15, 0.2) is 0 Å². The number of hydrogen-bond acceptors (Lipinski definition) is 4. The number of carbonyl (C=O) groups excluding carboxylic acids is 1. The van der Waals surface area contributed by atoms with E-state index in [9.17, 15) is 9.90 Å². The molecule has 2 aromatic carbocycles. The Morgan fingerprint density at radius 2 is 1.71 bits per heavy atom. The van der Waals surface area contributed by atoms with Gasteiger partial charge in [-0.2, -0.15) is 0 Å².